The summed E-state index contributed by atoms with van der Waals surface area (Å²) in [5.74, 6) is 1.45. The minimum Gasteiger partial charge on any atom is -0.497 e. The zero-order valence-corrected chi connectivity index (χ0v) is 19.6. The van der Waals surface area contributed by atoms with Crippen molar-refractivity contribution < 1.29 is 19.1 Å². The summed E-state index contributed by atoms with van der Waals surface area (Å²) >= 11 is 0. The van der Waals surface area contributed by atoms with Crippen molar-refractivity contribution in [2.75, 3.05) is 26.7 Å². The van der Waals surface area contributed by atoms with E-state index in [0.717, 1.165) is 49.8 Å². The summed E-state index contributed by atoms with van der Waals surface area (Å²) in [6, 6.07) is 15.3. The zero-order valence-electron chi connectivity index (χ0n) is 19.6. The van der Waals surface area contributed by atoms with E-state index < -0.39 is 6.10 Å². The van der Waals surface area contributed by atoms with Crippen LogP contribution < -0.4 is 14.8 Å². The third kappa shape index (κ3) is 5.49. The standard InChI is InChI=1S/C27H34N2O4/c1-20-25(30)28-19-27(13-6-5-9-21-8-3-4-12-24(21)33-20)14-16-29(17-15-27)26(31)22-10-7-11-23(18-22)32-2/h3-4,7-8,10-12,18,20H,5-6,9,13-17,19H2,1-2H3,(H,28,30)/t20-/m1/s1. The van der Waals surface area contributed by atoms with E-state index in [2.05, 4.69) is 11.4 Å². The summed E-state index contributed by atoms with van der Waals surface area (Å²) < 4.78 is 11.3. The molecule has 2 aliphatic rings. The number of piperidine rings is 1. The van der Waals surface area contributed by atoms with Crippen LogP contribution in [0.25, 0.3) is 0 Å². The number of ether oxygens (including phenoxy) is 2. The molecule has 6 nitrogen and oxygen atoms in total. The Morgan fingerprint density at radius 1 is 1.09 bits per heavy atom. The maximum absolute atomic E-state index is 13.0. The van der Waals surface area contributed by atoms with Gasteiger partial charge in [0.05, 0.1) is 7.11 Å². The number of methoxy groups -OCH3 is 1. The van der Waals surface area contributed by atoms with Crippen molar-refractivity contribution in [3.05, 3.63) is 59.7 Å². The molecule has 6 heteroatoms. The number of likely N-dealkylation sites (tertiary alicyclic amines) is 1. The highest BCUT2D eigenvalue weighted by Crippen LogP contribution is 2.37. The number of fused-ring (bicyclic) bond motifs is 1. The van der Waals surface area contributed by atoms with Gasteiger partial charge in [-0.25, -0.2) is 0 Å². The average Bonchev–Trinajstić information content (AvgIpc) is 2.85. The Labute approximate surface area is 196 Å². The minimum absolute atomic E-state index is 0.0131. The van der Waals surface area contributed by atoms with Crippen molar-refractivity contribution in [1.82, 2.24) is 10.2 Å². The Hall–Kier alpha value is -3.02. The molecule has 1 atom stereocenters. The van der Waals surface area contributed by atoms with Gasteiger partial charge in [0.2, 0.25) is 0 Å². The molecule has 2 aromatic rings. The smallest absolute Gasteiger partial charge is 0.260 e. The van der Waals surface area contributed by atoms with Gasteiger partial charge in [0, 0.05) is 25.2 Å². The molecule has 0 radical (unpaired) electrons. The van der Waals surface area contributed by atoms with Crippen molar-refractivity contribution in [2.45, 2.75) is 51.6 Å². The largest absolute Gasteiger partial charge is 0.497 e. The summed E-state index contributed by atoms with van der Waals surface area (Å²) in [6.07, 6.45) is 5.38. The molecule has 176 valence electrons. The van der Waals surface area contributed by atoms with Crippen molar-refractivity contribution in [1.29, 1.82) is 0 Å². The van der Waals surface area contributed by atoms with E-state index in [9.17, 15) is 9.59 Å². The number of hydrogen-bond acceptors (Lipinski definition) is 4. The van der Waals surface area contributed by atoms with E-state index >= 15 is 0 Å². The first kappa shape index (κ1) is 23.1. The van der Waals surface area contributed by atoms with Crippen LogP contribution in [0.4, 0.5) is 0 Å². The van der Waals surface area contributed by atoms with Gasteiger partial charge in [0.25, 0.3) is 11.8 Å². The second-order valence-electron chi connectivity index (χ2n) is 9.32. The molecule has 2 amide bonds. The number of nitrogens with one attached hydrogen (secondary N) is 1. The van der Waals surface area contributed by atoms with Gasteiger partial charge in [-0.15, -0.1) is 0 Å². The van der Waals surface area contributed by atoms with Gasteiger partial charge in [-0.2, -0.15) is 0 Å². The maximum atomic E-state index is 13.0. The Balaban J connectivity index is 1.43. The number of carbonyl (C=O) groups excluding carboxylic acids is 2. The number of amides is 2. The van der Waals surface area contributed by atoms with Crippen LogP contribution in [0, 0.1) is 5.41 Å². The highest BCUT2D eigenvalue weighted by atomic mass is 16.5. The molecular weight excluding hydrogens is 416 g/mol. The summed E-state index contributed by atoms with van der Waals surface area (Å²) in [5, 5.41) is 3.15. The third-order valence-corrected chi connectivity index (χ3v) is 7.11. The predicted molar refractivity (Wildman–Crippen MR) is 128 cm³/mol. The number of hydrogen-bond donors (Lipinski definition) is 1. The Morgan fingerprint density at radius 2 is 1.88 bits per heavy atom. The lowest BCUT2D eigenvalue weighted by molar-refractivity contribution is -0.128. The molecule has 1 N–H and O–H groups in total. The van der Waals surface area contributed by atoms with Gasteiger partial charge in [-0.1, -0.05) is 30.7 Å². The van der Waals surface area contributed by atoms with Crippen LogP contribution in [-0.4, -0.2) is 49.6 Å². The van der Waals surface area contributed by atoms with Gasteiger partial charge in [-0.3, -0.25) is 9.59 Å². The fraction of sp³-hybridized carbons (Fsp3) is 0.481. The first-order valence-corrected chi connectivity index (χ1v) is 12.0. The predicted octanol–water partition coefficient (Wildman–Crippen LogP) is 4.23. The van der Waals surface area contributed by atoms with Crippen molar-refractivity contribution >= 4 is 11.8 Å². The molecule has 0 aromatic heterocycles. The van der Waals surface area contributed by atoms with Crippen LogP contribution in [0.2, 0.25) is 0 Å². The van der Waals surface area contributed by atoms with Crippen molar-refractivity contribution in [2.24, 2.45) is 5.41 Å². The van der Waals surface area contributed by atoms with Crippen LogP contribution in [-0.2, 0) is 11.2 Å². The van der Waals surface area contributed by atoms with E-state index in [-0.39, 0.29) is 17.2 Å². The van der Waals surface area contributed by atoms with Gasteiger partial charge in [0.1, 0.15) is 11.5 Å². The number of aryl methyl sites for hydroxylation is 1. The third-order valence-electron chi connectivity index (χ3n) is 7.11. The normalized spacial score (nSPS) is 21.1. The van der Waals surface area contributed by atoms with Crippen LogP contribution in [0.3, 0.4) is 0 Å². The second kappa shape index (κ2) is 10.3. The van der Waals surface area contributed by atoms with E-state index in [1.54, 1.807) is 20.1 Å². The number of rotatable bonds is 2. The maximum Gasteiger partial charge on any atom is 0.260 e. The zero-order chi connectivity index (χ0) is 23.3. The van der Waals surface area contributed by atoms with E-state index in [0.29, 0.717) is 30.9 Å². The topological polar surface area (TPSA) is 67.9 Å². The SMILES string of the molecule is COc1cccc(C(=O)N2CCC3(CCCCc4ccccc4O[C@H](C)C(=O)NC3)CC2)c1. The Kier molecular flexibility index (Phi) is 7.21. The highest BCUT2D eigenvalue weighted by Gasteiger charge is 2.36. The van der Waals surface area contributed by atoms with Gasteiger partial charge in [-0.05, 0) is 74.3 Å². The molecule has 33 heavy (non-hydrogen) atoms. The molecular formula is C27H34N2O4. The van der Waals surface area contributed by atoms with Crippen LogP contribution in [0.15, 0.2) is 48.5 Å². The number of para-hydroxylation sites is 1. The first-order chi connectivity index (χ1) is 16.0. The van der Waals surface area contributed by atoms with E-state index in [1.165, 1.54) is 0 Å². The van der Waals surface area contributed by atoms with Crippen LogP contribution in [0.5, 0.6) is 11.5 Å². The molecule has 4 rings (SSSR count). The fourth-order valence-electron chi connectivity index (χ4n) is 4.94. The van der Waals surface area contributed by atoms with Gasteiger partial charge in [0.15, 0.2) is 6.10 Å². The molecule has 1 fully saturated rings. The Morgan fingerprint density at radius 3 is 2.67 bits per heavy atom. The quantitative estimate of drug-likeness (QED) is 0.744. The fourth-order valence-corrected chi connectivity index (χ4v) is 4.94. The molecule has 2 heterocycles. The Bertz CT molecular complexity index is 982. The van der Waals surface area contributed by atoms with E-state index in [4.69, 9.17) is 9.47 Å². The van der Waals surface area contributed by atoms with Gasteiger partial charge < -0.3 is 19.7 Å². The molecule has 0 bridgehead atoms. The first-order valence-electron chi connectivity index (χ1n) is 12.0. The molecule has 2 aliphatic heterocycles. The van der Waals surface area contributed by atoms with Crippen molar-refractivity contribution in [3.63, 3.8) is 0 Å². The lowest BCUT2D eigenvalue weighted by atomic mass is 9.74. The summed E-state index contributed by atoms with van der Waals surface area (Å²) in [5.41, 5.74) is 1.83. The lowest BCUT2D eigenvalue weighted by Gasteiger charge is -2.42. The highest BCUT2D eigenvalue weighted by molar-refractivity contribution is 5.94. The minimum atomic E-state index is -0.544. The molecule has 0 aliphatic carbocycles. The van der Waals surface area contributed by atoms with Gasteiger partial charge >= 0.3 is 0 Å². The molecule has 0 unspecified atom stereocenters. The molecule has 1 saturated heterocycles. The van der Waals surface area contributed by atoms with Crippen LogP contribution in [0.1, 0.15) is 54.9 Å². The van der Waals surface area contributed by atoms with Crippen molar-refractivity contribution in [3.8, 4) is 11.5 Å². The average molecular weight is 451 g/mol. The number of carbonyl (C=O) groups is 2. The molecule has 0 saturated carbocycles. The van der Waals surface area contributed by atoms with Crippen LogP contribution >= 0.6 is 0 Å². The summed E-state index contributed by atoms with van der Waals surface area (Å²) in [7, 11) is 1.61. The molecule has 2 aromatic carbocycles. The lowest BCUT2D eigenvalue weighted by Crippen LogP contribution is -2.49. The summed E-state index contributed by atoms with van der Waals surface area (Å²) in [6.45, 7) is 3.82. The summed E-state index contributed by atoms with van der Waals surface area (Å²) in [4.78, 5) is 27.7. The van der Waals surface area contributed by atoms with E-state index in [1.807, 2.05) is 41.3 Å². The number of nitrogens with zero attached hydrogens (tertiary/aromatic N) is 1. The molecule has 1 spiro atoms. The second-order valence-corrected chi connectivity index (χ2v) is 9.32. The monoisotopic (exact) mass is 450 g/mol. The number of benzene rings is 2.